The third-order valence-corrected chi connectivity index (χ3v) is 2.67. The van der Waals surface area contributed by atoms with Gasteiger partial charge in [-0.05, 0) is 32.1 Å². The minimum Gasteiger partial charge on any atom is -0.486 e. The van der Waals surface area contributed by atoms with E-state index in [0.717, 1.165) is 16.9 Å². The van der Waals surface area contributed by atoms with E-state index in [-0.39, 0.29) is 6.10 Å². The summed E-state index contributed by atoms with van der Waals surface area (Å²) in [5.41, 5.74) is 2.07. The fourth-order valence-electron chi connectivity index (χ4n) is 1.93. The van der Waals surface area contributed by atoms with Gasteiger partial charge in [0, 0.05) is 12.0 Å². The van der Waals surface area contributed by atoms with Crippen LogP contribution >= 0.6 is 0 Å². The van der Waals surface area contributed by atoms with Gasteiger partial charge in [0.25, 0.3) is 0 Å². The average Bonchev–Trinajstić information content (AvgIpc) is 2.20. The third-order valence-electron chi connectivity index (χ3n) is 2.67. The minimum absolute atomic E-state index is 0.000191. The van der Waals surface area contributed by atoms with Crippen molar-refractivity contribution in [2.24, 2.45) is 0 Å². The highest BCUT2D eigenvalue weighted by Crippen LogP contribution is 2.35. The molecule has 1 aliphatic rings. The standard InChI is InChI=1S/C13H16O2/c1-3-4-10-8-12(14)11-7-9(2)5-6-13(11)15-10/h3-7,10,12,14H,8H2,1-2H3/b4-3+/t10-,12+/m1/s1. The van der Waals surface area contributed by atoms with Crippen molar-refractivity contribution >= 4 is 0 Å². The van der Waals surface area contributed by atoms with Gasteiger partial charge < -0.3 is 9.84 Å². The number of allylic oxidation sites excluding steroid dienone is 1. The lowest BCUT2D eigenvalue weighted by Gasteiger charge is -2.28. The molecule has 15 heavy (non-hydrogen) atoms. The van der Waals surface area contributed by atoms with E-state index < -0.39 is 6.10 Å². The molecule has 0 bridgehead atoms. The molecule has 0 saturated carbocycles. The van der Waals surface area contributed by atoms with Crippen molar-refractivity contribution in [1.29, 1.82) is 0 Å². The number of rotatable bonds is 1. The first-order valence-corrected chi connectivity index (χ1v) is 5.29. The van der Waals surface area contributed by atoms with E-state index in [1.807, 2.05) is 44.2 Å². The average molecular weight is 204 g/mol. The summed E-state index contributed by atoms with van der Waals surface area (Å²) in [6, 6.07) is 5.93. The number of aliphatic hydroxyl groups excluding tert-OH is 1. The van der Waals surface area contributed by atoms with Gasteiger partial charge in [0.1, 0.15) is 11.9 Å². The molecular weight excluding hydrogens is 188 g/mol. The van der Waals surface area contributed by atoms with Crippen LogP contribution in [-0.4, -0.2) is 11.2 Å². The molecule has 0 unspecified atom stereocenters. The molecule has 1 heterocycles. The predicted octanol–water partition coefficient (Wildman–Crippen LogP) is 2.76. The maximum atomic E-state index is 9.97. The summed E-state index contributed by atoms with van der Waals surface area (Å²) in [6.07, 6.45) is 4.17. The maximum absolute atomic E-state index is 9.97. The molecule has 0 saturated heterocycles. The van der Waals surface area contributed by atoms with Crippen molar-refractivity contribution in [3.8, 4) is 5.75 Å². The van der Waals surface area contributed by atoms with Gasteiger partial charge in [0.2, 0.25) is 0 Å². The second-order valence-electron chi connectivity index (χ2n) is 3.97. The molecule has 0 aromatic heterocycles. The highest BCUT2D eigenvalue weighted by Gasteiger charge is 2.24. The van der Waals surface area contributed by atoms with Crippen LogP contribution in [0, 0.1) is 6.92 Å². The molecule has 2 heteroatoms. The predicted molar refractivity (Wildman–Crippen MR) is 60.0 cm³/mol. The van der Waals surface area contributed by atoms with Gasteiger partial charge in [-0.1, -0.05) is 17.7 Å². The summed E-state index contributed by atoms with van der Waals surface area (Å²) in [5.74, 6) is 0.808. The molecule has 2 rings (SSSR count). The highest BCUT2D eigenvalue weighted by atomic mass is 16.5. The topological polar surface area (TPSA) is 29.5 Å². The van der Waals surface area contributed by atoms with E-state index in [2.05, 4.69) is 0 Å². The number of hydrogen-bond donors (Lipinski definition) is 1. The molecule has 1 N–H and O–H groups in total. The number of ether oxygens (including phenoxy) is 1. The molecule has 0 aliphatic carbocycles. The Morgan fingerprint density at radius 3 is 3.00 bits per heavy atom. The summed E-state index contributed by atoms with van der Waals surface area (Å²) in [7, 11) is 0. The van der Waals surface area contributed by atoms with Gasteiger partial charge in [-0.15, -0.1) is 0 Å². The number of aliphatic hydroxyl groups is 1. The molecule has 0 radical (unpaired) electrons. The highest BCUT2D eigenvalue weighted by molar-refractivity contribution is 5.40. The largest absolute Gasteiger partial charge is 0.486 e. The maximum Gasteiger partial charge on any atom is 0.126 e. The van der Waals surface area contributed by atoms with Gasteiger partial charge in [-0.25, -0.2) is 0 Å². The minimum atomic E-state index is -0.408. The van der Waals surface area contributed by atoms with Crippen molar-refractivity contribution in [2.75, 3.05) is 0 Å². The van der Waals surface area contributed by atoms with Gasteiger partial charge in [-0.3, -0.25) is 0 Å². The van der Waals surface area contributed by atoms with Crippen LogP contribution in [0.15, 0.2) is 30.4 Å². The molecule has 1 aromatic rings. The Balaban J connectivity index is 2.32. The lowest BCUT2D eigenvalue weighted by molar-refractivity contribution is 0.0869. The van der Waals surface area contributed by atoms with Crippen LogP contribution in [0.3, 0.4) is 0 Å². The lowest BCUT2D eigenvalue weighted by atomic mass is 9.97. The number of hydrogen-bond acceptors (Lipinski definition) is 2. The fraction of sp³-hybridized carbons (Fsp3) is 0.385. The van der Waals surface area contributed by atoms with Crippen LogP contribution in [-0.2, 0) is 0 Å². The summed E-state index contributed by atoms with van der Waals surface area (Å²) in [4.78, 5) is 0. The quantitative estimate of drug-likeness (QED) is 0.713. The molecule has 1 aliphatic heterocycles. The van der Waals surface area contributed by atoms with E-state index in [9.17, 15) is 5.11 Å². The number of aryl methyl sites for hydroxylation is 1. The van der Waals surface area contributed by atoms with Crippen LogP contribution in [0.1, 0.15) is 30.6 Å². The van der Waals surface area contributed by atoms with Crippen molar-refractivity contribution in [3.63, 3.8) is 0 Å². The summed E-state index contributed by atoms with van der Waals surface area (Å²) in [6.45, 7) is 3.98. The SMILES string of the molecule is C/C=C/[C@@H]1C[C@H](O)c2cc(C)ccc2O1. The van der Waals surface area contributed by atoms with Gasteiger partial charge in [-0.2, -0.15) is 0 Å². The van der Waals surface area contributed by atoms with Crippen molar-refractivity contribution < 1.29 is 9.84 Å². The molecule has 0 amide bonds. The molecule has 2 nitrogen and oxygen atoms in total. The van der Waals surface area contributed by atoms with Crippen LogP contribution in [0.5, 0.6) is 5.75 Å². The van der Waals surface area contributed by atoms with E-state index in [4.69, 9.17) is 4.74 Å². The molecular formula is C13H16O2. The molecule has 2 atom stereocenters. The summed E-state index contributed by atoms with van der Waals surface area (Å²) in [5, 5.41) is 9.97. The molecule has 0 spiro atoms. The first-order valence-electron chi connectivity index (χ1n) is 5.29. The normalized spacial score (nSPS) is 25.0. The zero-order valence-corrected chi connectivity index (χ0v) is 9.10. The first kappa shape index (κ1) is 10.2. The zero-order chi connectivity index (χ0) is 10.8. The van der Waals surface area contributed by atoms with Crippen LogP contribution < -0.4 is 4.74 Å². The van der Waals surface area contributed by atoms with Crippen LogP contribution in [0.4, 0.5) is 0 Å². The first-order chi connectivity index (χ1) is 7.20. The smallest absolute Gasteiger partial charge is 0.126 e. The van der Waals surface area contributed by atoms with Crippen molar-refractivity contribution in [3.05, 3.63) is 41.5 Å². The Bertz CT molecular complexity index is 382. The van der Waals surface area contributed by atoms with Gasteiger partial charge in [0.05, 0.1) is 6.10 Å². The van der Waals surface area contributed by atoms with Gasteiger partial charge >= 0.3 is 0 Å². The zero-order valence-electron chi connectivity index (χ0n) is 9.10. The lowest BCUT2D eigenvalue weighted by Crippen LogP contribution is -2.23. The monoisotopic (exact) mass is 204 g/mol. The Morgan fingerprint density at radius 1 is 1.47 bits per heavy atom. The molecule has 1 aromatic carbocycles. The van der Waals surface area contributed by atoms with E-state index in [0.29, 0.717) is 6.42 Å². The van der Waals surface area contributed by atoms with Crippen LogP contribution in [0.25, 0.3) is 0 Å². The summed E-state index contributed by atoms with van der Waals surface area (Å²) < 4.78 is 5.75. The Kier molecular flexibility index (Phi) is 2.78. The van der Waals surface area contributed by atoms with E-state index in [1.54, 1.807) is 0 Å². The second kappa shape index (κ2) is 4.07. The van der Waals surface area contributed by atoms with Crippen molar-refractivity contribution in [2.45, 2.75) is 32.5 Å². The summed E-state index contributed by atoms with van der Waals surface area (Å²) >= 11 is 0. The third kappa shape index (κ3) is 2.05. The van der Waals surface area contributed by atoms with E-state index >= 15 is 0 Å². The van der Waals surface area contributed by atoms with Crippen molar-refractivity contribution in [1.82, 2.24) is 0 Å². The van der Waals surface area contributed by atoms with Gasteiger partial charge in [0.15, 0.2) is 0 Å². The Hall–Kier alpha value is -1.28. The second-order valence-corrected chi connectivity index (χ2v) is 3.97. The number of fused-ring (bicyclic) bond motifs is 1. The fourth-order valence-corrected chi connectivity index (χ4v) is 1.93. The van der Waals surface area contributed by atoms with Crippen LogP contribution in [0.2, 0.25) is 0 Å². The Morgan fingerprint density at radius 2 is 2.27 bits per heavy atom. The molecule has 80 valence electrons. The molecule has 0 fully saturated rings. The Labute approximate surface area is 90.2 Å². The van der Waals surface area contributed by atoms with E-state index in [1.165, 1.54) is 0 Å². The number of benzene rings is 1.